The first-order valence-electron chi connectivity index (χ1n) is 9.61. The van der Waals surface area contributed by atoms with Gasteiger partial charge < -0.3 is 24.1 Å². The summed E-state index contributed by atoms with van der Waals surface area (Å²) in [5, 5.41) is 7.45. The van der Waals surface area contributed by atoms with Crippen molar-refractivity contribution in [2.45, 2.75) is 12.8 Å². The van der Waals surface area contributed by atoms with Crippen molar-refractivity contribution in [3.63, 3.8) is 0 Å². The Morgan fingerprint density at radius 2 is 2.10 bits per heavy atom. The molecule has 8 heteroatoms. The Morgan fingerprint density at radius 1 is 1.17 bits per heavy atom. The number of rotatable bonds is 7. The number of anilines is 1. The van der Waals surface area contributed by atoms with Crippen molar-refractivity contribution < 1.29 is 18.7 Å². The molecule has 4 rings (SSSR count). The first-order chi connectivity index (χ1) is 14.3. The number of ether oxygens (including phenoxy) is 3. The smallest absolute Gasteiger partial charge is 0.259 e. The highest BCUT2D eigenvalue weighted by Crippen LogP contribution is 2.37. The summed E-state index contributed by atoms with van der Waals surface area (Å²) in [5.41, 5.74) is 1.44. The van der Waals surface area contributed by atoms with E-state index in [2.05, 4.69) is 20.4 Å². The molecule has 1 fully saturated rings. The summed E-state index contributed by atoms with van der Waals surface area (Å²) in [4.78, 5) is 8.95. The number of benzene rings is 1. The minimum absolute atomic E-state index is 0.393. The Balaban J connectivity index is 1.47. The van der Waals surface area contributed by atoms with E-state index < -0.39 is 0 Å². The second kappa shape index (κ2) is 8.91. The first-order valence-corrected chi connectivity index (χ1v) is 9.61. The monoisotopic (exact) mass is 396 g/mol. The lowest BCUT2D eigenvalue weighted by molar-refractivity contribution is 0.0595. The van der Waals surface area contributed by atoms with Crippen molar-refractivity contribution in [1.29, 1.82) is 0 Å². The number of nitrogens with zero attached hydrogens (tertiary/aromatic N) is 3. The maximum Gasteiger partial charge on any atom is 0.259 e. The van der Waals surface area contributed by atoms with Crippen LogP contribution in [0.15, 0.2) is 41.1 Å². The second-order valence-corrected chi connectivity index (χ2v) is 6.86. The largest absolute Gasteiger partial charge is 0.493 e. The SMILES string of the molecule is COc1cccc(-c2noc(-c3ccc(NC[C@H]4CCCOC4)nc3)n2)c1OC. The molecule has 1 saturated heterocycles. The van der Waals surface area contributed by atoms with Gasteiger partial charge in [0.2, 0.25) is 5.82 Å². The molecule has 29 heavy (non-hydrogen) atoms. The standard InChI is InChI=1S/C21H24N4O4/c1-26-17-7-3-6-16(19(17)27-2)20-24-21(29-25-20)15-8-9-18(23-12-15)22-11-14-5-4-10-28-13-14/h3,6-9,12,14H,4-5,10-11,13H2,1-2H3,(H,22,23)/t14-/m1/s1. The third-order valence-corrected chi connectivity index (χ3v) is 4.91. The highest BCUT2D eigenvalue weighted by molar-refractivity contribution is 5.69. The van der Waals surface area contributed by atoms with Gasteiger partial charge in [-0.25, -0.2) is 4.98 Å². The van der Waals surface area contributed by atoms with E-state index in [1.165, 1.54) is 6.42 Å². The summed E-state index contributed by atoms with van der Waals surface area (Å²) in [6.07, 6.45) is 4.03. The highest BCUT2D eigenvalue weighted by atomic mass is 16.5. The van der Waals surface area contributed by atoms with Gasteiger partial charge >= 0.3 is 0 Å². The molecule has 3 aromatic rings. The molecule has 0 spiro atoms. The fourth-order valence-electron chi connectivity index (χ4n) is 3.36. The second-order valence-electron chi connectivity index (χ2n) is 6.86. The molecule has 1 aliphatic rings. The van der Waals surface area contributed by atoms with Crippen molar-refractivity contribution in [3.05, 3.63) is 36.5 Å². The molecule has 0 aliphatic carbocycles. The Hall–Kier alpha value is -3.13. The van der Waals surface area contributed by atoms with Gasteiger partial charge in [-0.05, 0) is 43.0 Å². The van der Waals surface area contributed by atoms with Gasteiger partial charge in [0, 0.05) is 19.3 Å². The van der Waals surface area contributed by atoms with Crippen molar-refractivity contribution in [2.24, 2.45) is 5.92 Å². The van der Waals surface area contributed by atoms with Gasteiger partial charge in [0.25, 0.3) is 5.89 Å². The molecule has 0 radical (unpaired) electrons. The van der Waals surface area contributed by atoms with Crippen LogP contribution in [0.2, 0.25) is 0 Å². The molecule has 3 heterocycles. The maximum absolute atomic E-state index is 5.51. The molecule has 0 saturated carbocycles. The molecule has 0 bridgehead atoms. The zero-order chi connectivity index (χ0) is 20.1. The molecular formula is C21H24N4O4. The van der Waals surface area contributed by atoms with Crippen molar-refractivity contribution >= 4 is 5.82 Å². The number of methoxy groups -OCH3 is 2. The molecule has 1 aliphatic heterocycles. The van der Waals surface area contributed by atoms with E-state index in [1.807, 2.05) is 30.3 Å². The molecule has 1 aromatic carbocycles. The average molecular weight is 396 g/mol. The summed E-state index contributed by atoms with van der Waals surface area (Å²) in [6.45, 7) is 2.54. The van der Waals surface area contributed by atoms with Crippen LogP contribution in [-0.4, -0.2) is 49.1 Å². The van der Waals surface area contributed by atoms with E-state index in [-0.39, 0.29) is 0 Å². The van der Waals surface area contributed by atoms with Crippen LogP contribution in [0.4, 0.5) is 5.82 Å². The lowest BCUT2D eigenvalue weighted by Crippen LogP contribution is -2.24. The average Bonchev–Trinajstić information content (AvgIpc) is 3.28. The van der Waals surface area contributed by atoms with Gasteiger partial charge in [-0.2, -0.15) is 4.98 Å². The molecule has 1 N–H and O–H groups in total. The predicted molar refractivity (Wildman–Crippen MR) is 108 cm³/mol. The summed E-state index contributed by atoms with van der Waals surface area (Å²) in [6, 6.07) is 9.35. The summed E-state index contributed by atoms with van der Waals surface area (Å²) < 4.78 is 21.7. The number of hydrogen-bond donors (Lipinski definition) is 1. The topological polar surface area (TPSA) is 91.5 Å². The van der Waals surface area contributed by atoms with Crippen molar-refractivity contribution in [2.75, 3.05) is 39.3 Å². The number of pyridine rings is 1. The van der Waals surface area contributed by atoms with Crippen LogP contribution in [-0.2, 0) is 4.74 Å². The number of nitrogens with one attached hydrogen (secondary N) is 1. The van der Waals surface area contributed by atoms with Crippen LogP contribution in [0.25, 0.3) is 22.8 Å². The number of aromatic nitrogens is 3. The number of para-hydroxylation sites is 1. The van der Waals surface area contributed by atoms with Crippen LogP contribution in [0.1, 0.15) is 12.8 Å². The fourth-order valence-corrected chi connectivity index (χ4v) is 3.36. The van der Waals surface area contributed by atoms with Crippen LogP contribution >= 0.6 is 0 Å². The molecule has 152 valence electrons. The van der Waals surface area contributed by atoms with Gasteiger partial charge in [0.1, 0.15) is 5.82 Å². The van der Waals surface area contributed by atoms with Crippen LogP contribution in [0.3, 0.4) is 0 Å². The zero-order valence-electron chi connectivity index (χ0n) is 16.6. The van der Waals surface area contributed by atoms with Crippen molar-refractivity contribution in [1.82, 2.24) is 15.1 Å². The molecule has 1 atom stereocenters. The lowest BCUT2D eigenvalue weighted by atomic mass is 10.0. The van der Waals surface area contributed by atoms with Crippen LogP contribution in [0, 0.1) is 5.92 Å². The van der Waals surface area contributed by atoms with Gasteiger partial charge in [0.05, 0.1) is 32.0 Å². The Kier molecular flexibility index (Phi) is 5.90. The third kappa shape index (κ3) is 4.32. The lowest BCUT2D eigenvalue weighted by Gasteiger charge is -2.22. The Bertz CT molecular complexity index is 936. The molecule has 2 aromatic heterocycles. The van der Waals surface area contributed by atoms with E-state index in [4.69, 9.17) is 18.7 Å². The molecule has 8 nitrogen and oxygen atoms in total. The van der Waals surface area contributed by atoms with E-state index in [9.17, 15) is 0 Å². The number of hydrogen-bond acceptors (Lipinski definition) is 8. The highest BCUT2D eigenvalue weighted by Gasteiger charge is 2.18. The normalized spacial score (nSPS) is 16.4. The van der Waals surface area contributed by atoms with E-state index in [0.717, 1.165) is 37.6 Å². The quantitative estimate of drug-likeness (QED) is 0.647. The fraction of sp³-hybridized carbons (Fsp3) is 0.381. The van der Waals surface area contributed by atoms with Crippen LogP contribution in [0.5, 0.6) is 11.5 Å². The van der Waals surface area contributed by atoms with E-state index in [1.54, 1.807) is 20.4 Å². The summed E-state index contributed by atoms with van der Waals surface area (Å²) in [5.74, 6) is 3.33. The van der Waals surface area contributed by atoms with Crippen molar-refractivity contribution in [3.8, 4) is 34.3 Å². The summed E-state index contributed by atoms with van der Waals surface area (Å²) >= 11 is 0. The Morgan fingerprint density at radius 3 is 2.83 bits per heavy atom. The van der Waals surface area contributed by atoms with Crippen LogP contribution < -0.4 is 14.8 Å². The zero-order valence-corrected chi connectivity index (χ0v) is 16.6. The predicted octanol–water partition coefficient (Wildman–Crippen LogP) is 3.65. The summed E-state index contributed by atoms with van der Waals surface area (Å²) in [7, 11) is 3.17. The van der Waals surface area contributed by atoms with Gasteiger partial charge in [-0.1, -0.05) is 11.2 Å². The maximum atomic E-state index is 5.51. The minimum Gasteiger partial charge on any atom is -0.493 e. The van der Waals surface area contributed by atoms with E-state index >= 15 is 0 Å². The van der Waals surface area contributed by atoms with Gasteiger partial charge in [-0.3, -0.25) is 0 Å². The Labute approximate surface area is 169 Å². The van der Waals surface area contributed by atoms with E-state index in [0.29, 0.717) is 34.7 Å². The third-order valence-electron chi connectivity index (χ3n) is 4.91. The minimum atomic E-state index is 0.393. The molecule has 0 unspecified atom stereocenters. The molecule has 0 amide bonds. The molecular weight excluding hydrogens is 372 g/mol. The van der Waals surface area contributed by atoms with Gasteiger partial charge in [-0.15, -0.1) is 0 Å². The first kappa shape index (κ1) is 19.2. The van der Waals surface area contributed by atoms with Gasteiger partial charge in [0.15, 0.2) is 11.5 Å².